The van der Waals surface area contributed by atoms with Crippen molar-refractivity contribution >= 4 is 15.9 Å². The van der Waals surface area contributed by atoms with Crippen LogP contribution in [0.2, 0.25) is 0 Å². The van der Waals surface area contributed by atoms with Crippen LogP contribution in [0.5, 0.6) is 5.75 Å². The molecule has 7 nitrogen and oxygen atoms in total. The van der Waals surface area contributed by atoms with Gasteiger partial charge >= 0.3 is 0 Å². The van der Waals surface area contributed by atoms with E-state index in [9.17, 15) is 13.2 Å². The molecule has 1 amide bonds. The highest BCUT2D eigenvalue weighted by molar-refractivity contribution is 7.89. The largest absolute Gasteiger partial charge is 0.484 e. The van der Waals surface area contributed by atoms with Crippen molar-refractivity contribution in [2.45, 2.75) is 31.2 Å². The Bertz CT molecular complexity index is 659. The van der Waals surface area contributed by atoms with Crippen LogP contribution in [0.1, 0.15) is 20.8 Å². The number of ether oxygens (including phenoxy) is 2. The summed E-state index contributed by atoms with van der Waals surface area (Å²) in [7, 11) is -3.58. The number of hydrogen-bond acceptors (Lipinski definition) is 5. The van der Waals surface area contributed by atoms with Gasteiger partial charge in [0.2, 0.25) is 10.0 Å². The second kappa shape index (κ2) is 7.50. The smallest absolute Gasteiger partial charge is 0.260 e. The highest BCUT2D eigenvalue weighted by Crippen LogP contribution is 2.17. The van der Waals surface area contributed by atoms with Gasteiger partial charge < -0.3 is 14.4 Å². The molecular weight excluding hydrogens is 332 g/mol. The Morgan fingerprint density at radius 3 is 2.33 bits per heavy atom. The Kier molecular flexibility index (Phi) is 5.84. The molecule has 1 N–H and O–H groups in total. The molecule has 0 saturated carbocycles. The first-order chi connectivity index (χ1) is 11.2. The quantitative estimate of drug-likeness (QED) is 0.851. The van der Waals surface area contributed by atoms with Crippen molar-refractivity contribution in [3.8, 4) is 5.75 Å². The predicted octanol–water partition coefficient (Wildman–Crippen LogP) is 1.00. The number of carbonyl (C=O) groups excluding carboxylic acids is 1. The van der Waals surface area contributed by atoms with Gasteiger partial charge in [-0.05, 0) is 45.0 Å². The number of benzene rings is 1. The maximum atomic E-state index is 12.2. The zero-order chi connectivity index (χ0) is 17.8. The fourth-order valence-electron chi connectivity index (χ4n) is 2.23. The molecule has 0 aromatic heterocycles. The molecule has 0 spiro atoms. The van der Waals surface area contributed by atoms with Crippen LogP contribution in [-0.2, 0) is 19.6 Å². The molecule has 1 heterocycles. The first kappa shape index (κ1) is 18.7. The van der Waals surface area contributed by atoms with Crippen LogP contribution in [0.4, 0.5) is 0 Å². The number of sulfonamides is 1. The molecule has 0 atom stereocenters. The summed E-state index contributed by atoms with van der Waals surface area (Å²) in [5, 5.41) is 0. The lowest BCUT2D eigenvalue weighted by Gasteiger charge is -2.26. The van der Waals surface area contributed by atoms with Crippen LogP contribution in [0.15, 0.2) is 29.2 Å². The van der Waals surface area contributed by atoms with Gasteiger partial charge in [0.05, 0.1) is 18.1 Å². The van der Waals surface area contributed by atoms with Crippen molar-refractivity contribution in [2.24, 2.45) is 0 Å². The summed E-state index contributed by atoms with van der Waals surface area (Å²) in [5.74, 6) is 0.343. The summed E-state index contributed by atoms with van der Waals surface area (Å²) < 4.78 is 37.6. The number of morpholine rings is 1. The number of amides is 1. The van der Waals surface area contributed by atoms with Crippen molar-refractivity contribution < 1.29 is 22.7 Å². The molecule has 24 heavy (non-hydrogen) atoms. The van der Waals surface area contributed by atoms with Crippen LogP contribution >= 0.6 is 0 Å². The van der Waals surface area contributed by atoms with E-state index in [0.29, 0.717) is 32.1 Å². The molecule has 8 heteroatoms. The molecule has 134 valence electrons. The van der Waals surface area contributed by atoms with Gasteiger partial charge in [-0.2, -0.15) is 0 Å². The minimum Gasteiger partial charge on any atom is -0.484 e. The Morgan fingerprint density at radius 2 is 1.79 bits per heavy atom. The molecule has 0 radical (unpaired) electrons. The number of carbonyl (C=O) groups is 1. The van der Waals surface area contributed by atoms with Gasteiger partial charge in [-0.25, -0.2) is 13.1 Å². The standard InChI is InChI=1S/C16H24N2O5S/c1-16(2,3)17-24(20,21)14-6-4-13(5-7-14)23-12-15(19)18-8-10-22-11-9-18/h4-7,17H,8-12H2,1-3H3. The molecule has 1 aliphatic rings. The molecule has 1 aliphatic heterocycles. The molecule has 0 aliphatic carbocycles. The van der Waals surface area contributed by atoms with Crippen LogP contribution in [0.3, 0.4) is 0 Å². The first-order valence-corrected chi connectivity index (χ1v) is 9.28. The van der Waals surface area contributed by atoms with Crippen LogP contribution in [0.25, 0.3) is 0 Å². The highest BCUT2D eigenvalue weighted by atomic mass is 32.2. The third-order valence-electron chi connectivity index (χ3n) is 3.30. The van der Waals surface area contributed by atoms with Gasteiger partial charge in [0, 0.05) is 18.6 Å². The van der Waals surface area contributed by atoms with E-state index in [-0.39, 0.29) is 17.4 Å². The summed E-state index contributed by atoms with van der Waals surface area (Å²) in [4.78, 5) is 13.8. The van der Waals surface area contributed by atoms with Gasteiger partial charge in [-0.15, -0.1) is 0 Å². The number of hydrogen-bond donors (Lipinski definition) is 1. The van der Waals surface area contributed by atoms with E-state index in [2.05, 4.69) is 4.72 Å². The van der Waals surface area contributed by atoms with Gasteiger partial charge in [0.25, 0.3) is 5.91 Å². The topological polar surface area (TPSA) is 84.9 Å². The fraction of sp³-hybridized carbons (Fsp3) is 0.562. The monoisotopic (exact) mass is 356 g/mol. The number of nitrogens with zero attached hydrogens (tertiary/aromatic N) is 1. The zero-order valence-electron chi connectivity index (χ0n) is 14.2. The van der Waals surface area contributed by atoms with Crippen LogP contribution in [-0.4, -0.2) is 57.7 Å². The minimum absolute atomic E-state index is 0.0770. The summed E-state index contributed by atoms with van der Waals surface area (Å²) in [6.45, 7) is 7.47. The maximum absolute atomic E-state index is 12.2. The van der Waals surface area contributed by atoms with E-state index in [1.165, 1.54) is 12.1 Å². The predicted molar refractivity (Wildman–Crippen MR) is 89.4 cm³/mol. The van der Waals surface area contributed by atoms with E-state index < -0.39 is 15.6 Å². The number of rotatable bonds is 5. The molecule has 1 saturated heterocycles. The normalized spacial score (nSPS) is 16.0. The lowest BCUT2D eigenvalue weighted by Crippen LogP contribution is -2.43. The van der Waals surface area contributed by atoms with Gasteiger partial charge in [-0.1, -0.05) is 0 Å². The summed E-state index contributed by atoms with van der Waals surface area (Å²) in [5.41, 5.74) is -0.557. The van der Waals surface area contributed by atoms with E-state index in [1.807, 2.05) is 0 Å². The fourth-order valence-corrected chi connectivity index (χ4v) is 3.64. The summed E-state index contributed by atoms with van der Waals surface area (Å²) in [6, 6.07) is 6.01. The second-order valence-corrected chi connectivity index (χ2v) is 8.29. The Hall–Kier alpha value is -1.64. The van der Waals surface area contributed by atoms with Crippen molar-refractivity contribution in [1.82, 2.24) is 9.62 Å². The van der Waals surface area contributed by atoms with E-state index in [1.54, 1.807) is 37.8 Å². The van der Waals surface area contributed by atoms with Crippen LogP contribution in [0, 0.1) is 0 Å². The molecular formula is C16H24N2O5S. The van der Waals surface area contributed by atoms with E-state index >= 15 is 0 Å². The Morgan fingerprint density at radius 1 is 1.21 bits per heavy atom. The average molecular weight is 356 g/mol. The molecule has 0 bridgehead atoms. The highest BCUT2D eigenvalue weighted by Gasteiger charge is 2.22. The third-order valence-corrected chi connectivity index (χ3v) is 5.07. The average Bonchev–Trinajstić information content (AvgIpc) is 2.51. The van der Waals surface area contributed by atoms with Gasteiger partial charge in [0.15, 0.2) is 6.61 Å². The molecule has 1 fully saturated rings. The molecule has 1 aromatic carbocycles. The van der Waals surface area contributed by atoms with Gasteiger partial charge in [0.1, 0.15) is 5.75 Å². The molecule has 1 aromatic rings. The third kappa shape index (κ3) is 5.47. The van der Waals surface area contributed by atoms with E-state index in [4.69, 9.17) is 9.47 Å². The lowest BCUT2D eigenvalue weighted by atomic mass is 10.1. The SMILES string of the molecule is CC(C)(C)NS(=O)(=O)c1ccc(OCC(=O)N2CCOCC2)cc1. The van der Waals surface area contributed by atoms with Crippen molar-refractivity contribution in [1.29, 1.82) is 0 Å². The maximum Gasteiger partial charge on any atom is 0.260 e. The Balaban J connectivity index is 1.93. The lowest BCUT2D eigenvalue weighted by molar-refractivity contribution is -0.137. The van der Waals surface area contributed by atoms with Crippen molar-refractivity contribution in [3.05, 3.63) is 24.3 Å². The van der Waals surface area contributed by atoms with Crippen molar-refractivity contribution in [2.75, 3.05) is 32.9 Å². The second-order valence-electron chi connectivity index (χ2n) is 6.61. The minimum atomic E-state index is -3.58. The summed E-state index contributed by atoms with van der Waals surface area (Å²) >= 11 is 0. The van der Waals surface area contributed by atoms with Crippen molar-refractivity contribution in [3.63, 3.8) is 0 Å². The Labute approximate surface area is 143 Å². The molecule has 0 unspecified atom stereocenters. The van der Waals surface area contributed by atoms with E-state index in [0.717, 1.165) is 0 Å². The summed E-state index contributed by atoms with van der Waals surface area (Å²) in [6.07, 6.45) is 0. The number of nitrogens with one attached hydrogen (secondary N) is 1. The zero-order valence-corrected chi connectivity index (χ0v) is 15.1. The van der Waals surface area contributed by atoms with Gasteiger partial charge in [-0.3, -0.25) is 4.79 Å². The first-order valence-electron chi connectivity index (χ1n) is 7.80. The van der Waals surface area contributed by atoms with Crippen LogP contribution < -0.4 is 9.46 Å². The molecule has 2 rings (SSSR count).